The third-order valence-corrected chi connectivity index (χ3v) is 4.15. The summed E-state index contributed by atoms with van der Waals surface area (Å²) in [7, 11) is 0. The Hall–Kier alpha value is -0.750. The molecule has 90 valence electrons. The fourth-order valence-electron chi connectivity index (χ4n) is 1.63. The van der Waals surface area contributed by atoms with Crippen LogP contribution in [0.5, 0.6) is 0 Å². The van der Waals surface area contributed by atoms with Gasteiger partial charge in [0.2, 0.25) is 0 Å². The van der Waals surface area contributed by atoms with Gasteiger partial charge in [-0.3, -0.25) is 11.3 Å². The Labute approximate surface area is 112 Å². The van der Waals surface area contributed by atoms with Crippen LogP contribution in [0.4, 0.5) is 4.39 Å². The monoisotopic (exact) mass is 314 g/mol. The number of rotatable bonds is 4. The van der Waals surface area contributed by atoms with Crippen molar-refractivity contribution >= 4 is 27.3 Å². The number of nitrogens with two attached hydrogens (primary N) is 1. The van der Waals surface area contributed by atoms with Crippen molar-refractivity contribution in [1.29, 1.82) is 0 Å². The van der Waals surface area contributed by atoms with Gasteiger partial charge in [0.1, 0.15) is 5.82 Å². The van der Waals surface area contributed by atoms with Crippen molar-refractivity contribution in [3.8, 4) is 0 Å². The number of benzene rings is 1. The minimum Gasteiger partial charge on any atom is -0.271 e. The van der Waals surface area contributed by atoms with Crippen molar-refractivity contribution in [3.05, 3.63) is 56.4 Å². The van der Waals surface area contributed by atoms with Gasteiger partial charge in [0.15, 0.2) is 0 Å². The van der Waals surface area contributed by atoms with Crippen molar-refractivity contribution < 1.29 is 4.39 Å². The molecular formula is C12H12BrFN2S. The normalized spacial score (nSPS) is 12.6. The highest BCUT2D eigenvalue weighted by molar-refractivity contribution is 9.11. The summed E-state index contributed by atoms with van der Waals surface area (Å²) in [6.07, 6.45) is 0.790. The molecule has 17 heavy (non-hydrogen) atoms. The van der Waals surface area contributed by atoms with E-state index in [0.717, 1.165) is 15.8 Å². The summed E-state index contributed by atoms with van der Waals surface area (Å²) in [5, 5.41) is 0. The van der Waals surface area contributed by atoms with Crippen LogP contribution in [0, 0.1) is 5.82 Å². The highest BCUT2D eigenvalue weighted by atomic mass is 79.9. The second kappa shape index (κ2) is 5.73. The first-order chi connectivity index (χ1) is 8.19. The van der Waals surface area contributed by atoms with Crippen LogP contribution in [-0.2, 0) is 6.42 Å². The van der Waals surface area contributed by atoms with Crippen LogP contribution >= 0.6 is 27.3 Å². The van der Waals surface area contributed by atoms with Crippen LogP contribution in [0.25, 0.3) is 0 Å². The van der Waals surface area contributed by atoms with Gasteiger partial charge >= 0.3 is 0 Å². The van der Waals surface area contributed by atoms with E-state index >= 15 is 0 Å². The molecule has 2 rings (SSSR count). The summed E-state index contributed by atoms with van der Waals surface area (Å²) in [4.78, 5) is 1.23. The maximum absolute atomic E-state index is 12.8. The standard InChI is InChI=1S/C12H12BrFN2S/c13-12-6-5-10(17-12)7-11(16-15)8-1-3-9(14)4-2-8/h1-6,11,16H,7,15H2. The third-order valence-electron chi connectivity index (χ3n) is 2.51. The number of hydrazine groups is 1. The van der Waals surface area contributed by atoms with E-state index in [9.17, 15) is 4.39 Å². The number of halogens is 2. The molecular weight excluding hydrogens is 303 g/mol. The van der Waals surface area contributed by atoms with Crippen molar-refractivity contribution in [2.75, 3.05) is 0 Å². The highest BCUT2D eigenvalue weighted by Crippen LogP contribution is 2.26. The van der Waals surface area contributed by atoms with Gasteiger partial charge in [-0.15, -0.1) is 11.3 Å². The summed E-state index contributed by atoms with van der Waals surface area (Å²) in [6, 6.07) is 10.5. The van der Waals surface area contributed by atoms with Crippen molar-refractivity contribution in [2.24, 2.45) is 5.84 Å². The van der Waals surface area contributed by atoms with E-state index in [-0.39, 0.29) is 11.9 Å². The van der Waals surface area contributed by atoms with E-state index in [4.69, 9.17) is 5.84 Å². The van der Waals surface area contributed by atoms with E-state index < -0.39 is 0 Å². The zero-order valence-electron chi connectivity index (χ0n) is 8.99. The molecule has 0 fully saturated rings. The van der Waals surface area contributed by atoms with Crippen LogP contribution in [0.15, 0.2) is 40.2 Å². The van der Waals surface area contributed by atoms with Crippen molar-refractivity contribution in [1.82, 2.24) is 5.43 Å². The largest absolute Gasteiger partial charge is 0.271 e. The van der Waals surface area contributed by atoms with Gasteiger partial charge < -0.3 is 0 Å². The molecule has 0 saturated carbocycles. The van der Waals surface area contributed by atoms with E-state index in [0.29, 0.717) is 0 Å². The molecule has 0 bridgehead atoms. The van der Waals surface area contributed by atoms with E-state index in [1.165, 1.54) is 17.0 Å². The molecule has 0 radical (unpaired) electrons. The van der Waals surface area contributed by atoms with Crippen molar-refractivity contribution in [2.45, 2.75) is 12.5 Å². The number of hydrogen-bond acceptors (Lipinski definition) is 3. The fourth-order valence-corrected chi connectivity index (χ4v) is 3.16. The number of thiophene rings is 1. The van der Waals surface area contributed by atoms with Gasteiger partial charge in [0.25, 0.3) is 0 Å². The first-order valence-corrected chi connectivity index (χ1v) is 6.76. The predicted molar refractivity (Wildman–Crippen MR) is 72.2 cm³/mol. The lowest BCUT2D eigenvalue weighted by Gasteiger charge is -2.15. The maximum Gasteiger partial charge on any atom is 0.123 e. The lowest BCUT2D eigenvalue weighted by molar-refractivity contribution is 0.553. The fraction of sp³-hybridized carbons (Fsp3) is 0.167. The topological polar surface area (TPSA) is 38.0 Å². The quantitative estimate of drug-likeness (QED) is 0.670. The Bertz CT molecular complexity index is 484. The van der Waals surface area contributed by atoms with E-state index in [1.807, 2.05) is 6.07 Å². The first kappa shape index (κ1) is 12.7. The molecule has 1 atom stereocenters. The molecule has 0 saturated heterocycles. The first-order valence-electron chi connectivity index (χ1n) is 5.15. The van der Waals surface area contributed by atoms with Gasteiger partial charge in [-0.05, 0) is 45.8 Å². The van der Waals surface area contributed by atoms with E-state index in [2.05, 4.69) is 27.4 Å². The third kappa shape index (κ3) is 3.35. The van der Waals surface area contributed by atoms with Gasteiger partial charge in [-0.1, -0.05) is 12.1 Å². The molecule has 1 aromatic heterocycles. The summed E-state index contributed by atoms with van der Waals surface area (Å²) in [5.41, 5.74) is 3.75. The van der Waals surface area contributed by atoms with Crippen LogP contribution < -0.4 is 11.3 Å². The average Bonchev–Trinajstić information content (AvgIpc) is 2.73. The van der Waals surface area contributed by atoms with Gasteiger partial charge in [-0.2, -0.15) is 0 Å². The highest BCUT2D eigenvalue weighted by Gasteiger charge is 2.11. The molecule has 1 aromatic carbocycles. The molecule has 1 unspecified atom stereocenters. The molecule has 0 amide bonds. The molecule has 0 aliphatic rings. The van der Waals surface area contributed by atoms with Crippen LogP contribution in [0.2, 0.25) is 0 Å². The van der Waals surface area contributed by atoms with Crippen LogP contribution in [0.1, 0.15) is 16.5 Å². The minimum atomic E-state index is -0.233. The molecule has 1 heterocycles. The Morgan fingerprint density at radius 2 is 1.94 bits per heavy atom. The Morgan fingerprint density at radius 1 is 1.24 bits per heavy atom. The lowest BCUT2D eigenvalue weighted by Crippen LogP contribution is -2.29. The summed E-state index contributed by atoms with van der Waals surface area (Å²) in [5.74, 6) is 5.31. The SMILES string of the molecule is NNC(Cc1ccc(Br)s1)c1ccc(F)cc1. The molecule has 2 aromatic rings. The molecule has 0 spiro atoms. The predicted octanol–water partition coefficient (Wildman–Crippen LogP) is 3.40. The Balaban J connectivity index is 2.13. The van der Waals surface area contributed by atoms with Crippen LogP contribution in [-0.4, -0.2) is 0 Å². The summed E-state index contributed by atoms with van der Waals surface area (Å²) in [6.45, 7) is 0. The smallest absolute Gasteiger partial charge is 0.123 e. The zero-order chi connectivity index (χ0) is 12.3. The Morgan fingerprint density at radius 3 is 2.47 bits per heavy atom. The van der Waals surface area contributed by atoms with E-state index in [1.54, 1.807) is 23.5 Å². The summed E-state index contributed by atoms with van der Waals surface area (Å²) < 4.78 is 13.9. The van der Waals surface area contributed by atoms with Crippen molar-refractivity contribution in [3.63, 3.8) is 0 Å². The second-order valence-corrected chi connectivity index (χ2v) is 6.23. The zero-order valence-corrected chi connectivity index (χ0v) is 11.4. The van der Waals surface area contributed by atoms with Gasteiger partial charge in [0.05, 0.1) is 9.83 Å². The maximum atomic E-state index is 12.8. The molecule has 3 N–H and O–H groups in total. The van der Waals surface area contributed by atoms with Crippen LogP contribution in [0.3, 0.4) is 0 Å². The molecule has 2 nitrogen and oxygen atoms in total. The average molecular weight is 315 g/mol. The molecule has 0 aliphatic carbocycles. The summed E-state index contributed by atoms with van der Waals surface area (Å²) >= 11 is 5.10. The molecule has 5 heteroatoms. The van der Waals surface area contributed by atoms with Gasteiger partial charge in [-0.25, -0.2) is 4.39 Å². The minimum absolute atomic E-state index is 0.00106. The number of hydrogen-bond donors (Lipinski definition) is 2. The second-order valence-electron chi connectivity index (χ2n) is 3.68. The Kier molecular flexibility index (Phi) is 4.28. The van der Waals surface area contributed by atoms with Gasteiger partial charge in [0, 0.05) is 11.3 Å². The lowest BCUT2D eigenvalue weighted by atomic mass is 10.0. The molecule has 0 aliphatic heterocycles. The number of nitrogens with one attached hydrogen (secondary N) is 1.